The summed E-state index contributed by atoms with van der Waals surface area (Å²) in [6.07, 6.45) is 0. The molecule has 0 aliphatic heterocycles. The van der Waals surface area contributed by atoms with Crippen molar-refractivity contribution in [2.75, 3.05) is 13.2 Å². The average molecular weight is 557 g/mol. The van der Waals surface area contributed by atoms with E-state index in [4.69, 9.17) is 18.3 Å². The molecule has 2 rings (SSSR count). The van der Waals surface area contributed by atoms with Gasteiger partial charge in [0.05, 0.1) is 13.2 Å². The fraction of sp³-hybridized carbons (Fsp3) is 0.500. The fourth-order valence-electron chi connectivity index (χ4n) is 2.15. The molecule has 29 heavy (non-hydrogen) atoms. The summed E-state index contributed by atoms with van der Waals surface area (Å²) < 4.78 is 22.5. The van der Waals surface area contributed by atoms with Gasteiger partial charge in [-0.2, -0.15) is 12.1 Å². The maximum atomic E-state index is 5.84. The molecule has 164 valence electrons. The summed E-state index contributed by atoms with van der Waals surface area (Å²) in [6.45, 7) is 18.3. The standard InChI is InChI=1S/2C10H17O2Si.2ClH.Zr/c2*1-5-11-9-7-6-8-10(9)12-13(2,3)4;;;/h2*6-8H,5H2,1-4H3;2*1H;/q2*-1;;;+4/p-2. The molecule has 4 nitrogen and oxygen atoms in total. The molecular formula is C20H34Cl2O4Si2Zr. The predicted octanol–water partition coefficient (Wildman–Crippen LogP) is 0.0413. The largest absolute Gasteiger partial charge is 4.00 e. The molecule has 2 aromatic rings. The van der Waals surface area contributed by atoms with Gasteiger partial charge in [0, 0.05) is 23.0 Å². The molecule has 0 aliphatic carbocycles. The Morgan fingerprint density at radius 2 is 1.00 bits per heavy atom. The minimum Gasteiger partial charge on any atom is -1.00 e. The van der Waals surface area contributed by atoms with E-state index in [1.807, 2.05) is 50.2 Å². The summed E-state index contributed by atoms with van der Waals surface area (Å²) in [4.78, 5) is 0. The third kappa shape index (κ3) is 14.4. The average Bonchev–Trinajstić information content (AvgIpc) is 3.08. The molecule has 2 aromatic carbocycles. The Labute approximate surface area is 210 Å². The van der Waals surface area contributed by atoms with Crippen LogP contribution >= 0.6 is 0 Å². The second-order valence-corrected chi connectivity index (χ2v) is 16.7. The van der Waals surface area contributed by atoms with Gasteiger partial charge in [0.2, 0.25) is 16.6 Å². The molecule has 0 atom stereocenters. The summed E-state index contributed by atoms with van der Waals surface area (Å²) in [7, 11) is -3.00. The van der Waals surface area contributed by atoms with Gasteiger partial charge in [-0.05, 0) is 53.1 Å². The number of halogens is 2. The van der Waals surface area contributed by atoms with E-state index in [9.17, 15) is 0 Å². The van der Waals surface area contributed by atoms with Crippen LogP contribution < -0.4 is 43.1 Å². The Morgan fingerprint density at radius 1 is 0.690 bits per heavy atom. The van der Waals surface area contributed by atoms with E-state index < -0.39 is 16.6 Å². The molecular weight excluding hydrogens is 523 g/mol. The van der Waals surface area contributed by atoms with E-state index in [2.05, 4.69) is 39.3 Å². The summed E-state index contributed by atoms with van der Waals surface area (Å²) >= 11 is 0. The van der Waals surface area contributed by atoms with E-state index in [0.29, 0.717) is 13.2 Å². The van der Waals surface area contributed by atoms with Crippen molar-refractivity contribution in [2.24, 2.45) is 0 Å². The first kappa shape index (κ1) is 33.4. The Balaban J connectivity index is -0.000000422. The molecule has 0 spiro atoms. The number of rotatable bonds is 8. The van der Waals surface area contributed by atoms with E-state index in [-0.39, 0.29) is 51.0 Å². The van der Waals surface area contributed by atoms with Crippen LogP contribution in [0.25, 0.3) is 0 Å². The molecule has 9 heteroatoms. The van der Waals surface area contributed by atoms with Crippen LogP contribution in [-0.2, 0) is 26.2 Å². The predicted molar refractivity (Wildman–Crippen MR) is 114 cm³/mol. The molecule has 0 aromatic heterocycles. The van der Waals surface area contributed by atoms with E-state index in [1.165, 1.54) is 0 Å². The van der Waals surface area contributed by atoms with Crippen LogP contribution in [0, 0.1) is 0 Å². The van der Waals surface area contributed by atoms with Crippen molar-refractivity contribution in [3.63, 3.8) is 0 Å². The van der Waals surface area contributed by atoms with Crippen LogP contribution in [0.15, 0.2) is 36.4 Å². The van der Waals surface area contributed by atoms with Crippen LogP contribution in [-0.4, -0.2) is 29.8 Å². The van der Waals surface area contributed by atoms with Crippen molar-refractivity contribution in [1.29, 1.82) is 0 Å². The zero-order valence-corrected chi connectivity index (χ0v) is 24.7. The minimum absolute atomic E-state index is 0. The first-order valence-electron chi connectivity index (χ1n) is 9.20. The van der Waals surface area contributed by atoms with E-state index >= 15 is 0 Å². The van der Waals surface area contributed by atoms with Crippen LogP contribution in [0.1, 0.15) is 13.8 Å². The summed E-state index contributed by atoms with van der Waals surface area (Å²) in [6, 6.07) is 11.7. The Kier molecular flexibility index (Phi) is 18.0. The Hall–Kier alpha value is -0.203. The van der Waals surface area contributed by atoms with Crippen molar-refractivity contribution in [3.8, 4) is 23.0 Å². The first-order valence-corrected chi connectivity index (χ1v) is 16.0. The van der Waals surface area contributed by atoms with Crippen LogP contribution in [0.2, 0.25) is 39.3 Å². The quantitative estimate of drug-likeness (QED) is 0.340. The monoisotopic (exact) mass is 554 g/mol. The normalized spacial score (nSPS) is 10.2. The van der Waals surface area contributed by atoms with E-state index in [1.54, 1.807) is 0 Å². The number of ether oxygens (including phenoxy) is 2. The molecule has 0 amide bonds. The molecule has 0 saturated heterocycles. The van der Waals surface area contributed by atoms with Crippen molar-refractivity contribution < 1.29 is 69.3 Å². The van der Waals surface area contributed by atoms with Crippen molar-refractivity contribution in [3.05, 3.63) is 36.4 Å². The maximum Gasteiger partial charge on any atom is 4.00 e. The zero-order valence-electron chi connectivity index (χ0n) is 18.8. The second kappa shape index (κ2) is 15.6. The van der Waals surface area contributed by atoms with Gasteiger partial charge >= 0.3 is 26.2 Å². The maximum absolute atomic E-state index is 5.84. The SMILES string of the molecule is CCO[c-]1cccc1O[Si](C)(C)C.CCO[c-]1cccc1O[Si](C)(C)C.[Cl-].[Cl-].[Zr+4]. The molecule has 0 radical (unpaired) electrons. The minimum atomic E-state index is -1.50. The second-order valence-electron chi connectivity index (χ2n) is 7.80. The van der Waals surface area contributed by atoms with Crippen molar-refractivity contribution in [1.82, 2.24) is 0 Å². The topological polar surface area (TPSA) is 36.9 Å². The van der Waals surface area contributed by atoms with Gasteiger partial charge in [0.1, 0.15) is 0 Å². The Morgan fingerprint density at radius 3 is 1.24 bits per heavy atom. The third-order valence-corrected chi connectivity index (χ3v) is 4.57. The van der Waals surface area contributed by atoms with Crippen molar-refractivity contribution in [2.45, 2.75) is 53.1 Å². The van der Waals surface area contributed by atoms with Gasteiger partial charge in [0.25, 0.3) is 0 Å². The van der Waals surface area contributed by atoms with Gasteiger partial charge in [-0.3, -0.25) is 0 Å². The summed E-state index contributed by atoms with van der Waals surface area (Å²) in [5.41, 5.74) is 0. The van der Waals surface area contributed by atoms with Crippen LogP contribution in [0.5, 0.6) is 23.0 Å². The smallest absolute Gasteiger partial charge is 1.00 e. The summed E-state index contributed by atoms with van der Waals surface area (Å²) in [5, 5.41) is 0. The molecule has 0 N–H and O–H groups in total. The van der Waals surface area contributed by atoms with E-state index in [0.717, 1.165) is 23.0 Å². The van der Waals surface area contributed by atoms with Gasteiger partial charge < -0.3 is 43.1 Å². The Bertz CT molecular complexity index is 593. The fourth-order valence-corrected chi connectivity index (χ4v) is 3.81. The third-order valence-electron chi connectivity index (χ3n) is 2.91. The number of hydrogen-bond donors (Lipinski definition) is 0. The first-order chi connectivity index (χ1) is 12.1. The molecule has 0 aliphatic rings. The molecule has 0 heterocycles. The van der Waals surface area contributed by atoms with Gasteiger partial charge in [0.15, 0.2) is 0 Å². The van der Waals surface area contributed by atoms with Crippen molar-refractivity contribution >= 4 is 16.6 Å². The van der Waals surface area contributed by atoms with Crippen LogP contribution in [0.3, 0.4) is 0 Å². The van der Waals surface area contributed by atoms with Crippen LogP contribution in [0.4, 0.5) is 0 Å². The van der Waals surface area contributed by atoms with Gasteiger partial charge in [-0.15, -0.1) is 12.1 Å². The zero-order chi connectivity index (χ0) is 19.8. The molecule has 0 saturated carbocycles. The number of hydrogen-bond acceptors (Lipinski definition) is 4. The van der Waals surface area contributed by atoms with Gasteiger partial charge in [-0.1, -0.05) is 0 Å². The molecule has 0 unspecified atom stereocenters. The molecule has 0 bridgehead atoms. The summed E-state index contributed by atoms with van der Waals surface area (Å²) in [5.74, 6) is 3.51. The van der Waals surface area contributed by atoms with Gasteiger partial charge in [-0.25, -0.2) is 12.1 Å². The molecule has 0 fully saturated rings.